The summed E-state index contributed by atoms with van der Waals surface area (Å²) >= 11 is 0. The summed E-state index contributed by atoms with van der Waals surface area (Å²) in [4.78, 5) is 27.3. The lowest BCUT2D eigenvalue weighted by Crippen LogP contribution is -2.51. The quantitative estimate of drug-likeness (QED) is 0.622. The minimum Gasteiger partial charge on any atom is -0.493 e. The second-order valence-corrected chi connectivity index (χ2v) is 6.17. The van der Waals surface area contributed by atoms with Gasteiger partial charge in [-0.1, -0.05) is 0 Å². The van der Waals surface area contributed by atoms with E-state index in [0.717, 1.165) is 18.7 Å². The van der Waals surface area contributed by atoms with Crippen molar-refractivity contribution in [1.29, 1.82) is 0 Å². The number of nitrogens with zero attached hydrogens (tertiary/aromatic N) is 2. The number of nitrogens with two attached hydrogens (primary N) is 1. The third kappa shape index (κ3) is 5.48. The summed E-state index contributed by atoms with van der Waals surface area (Å²) in [5.74, 6) is 1.39. The van der Waals surface area contributed by atoms with E-state index in [1.54, 1.807) is 26.2 Å². The van der Waals surface area contributed by atoms with Crippen LogP contribution in [0, 0.1) is 0 Å². The van der Waals surface area contributed by atoms with Crippen LogP contribution in [0.3, 0.4) is 0 Å². The molecule has 1 saturated heterocycles. The Morgan fingerprint density at radius 1 is 1.04 bits per heavy atom. The molecule has 1 aromatic rings. The summed E-state index contributed by atoms with van der Waals surface area (Å²) < 4.78 is 16.1. The van der Waals surface area contributed by atoms with Crippen molar-refractivity contribution in [2.24, 2.45) is 5.73 Å². The summed E-state index contributed by atoms with van der Waals surface area (Å²) in [6.07, 6.45) is 0. The minimum atomic E-state index is -0.329. The van der Waals surface area contributed by atoms with Gasteiger partial charge in [-0.2, -0.15) is 0 Å². The van der Waals surface area contributed by atoms with Gasteiger partial charge in [0.2, 0.25) is 17.6 Å². The first kappa shape index (κ1) is 20.8. The van der Waals surface area contributed by atoms with E-state index in [4.69, 9.17) is 19.9 Å². The maximum Gasteiger partial charge on any atom is 0.242 e. The molecule has 0 aromatic heterocycles. The zero-order valence-corrected chi connectivity index (χ0v) is 16.1. The fraction of sp³-hybridized carbons (Fsp3) is 0.556. The topological polar surface area (TPSA) is 106 Å². The zero-order chi connectivity index (χ0) is 19.8. The molecule has 9 heteroatoms. The van der Waals surface area contributed by atoms with Crippen molar-refractivity contribution in [3.63, 3.8) is 0 Å². The molecule has 9 nitrogen and oxygen atoms in total. The molecule has 0 saturated carbocycles. The molecule has 0 spiro atoms. The largest absolute Gasteiger partial charge is 0.493 e. The molecule has 27 heavy (non-hydrogen) atoms. The maximum atomic E-state index is 12.1. The summed E-state index contributed by atoms with van der Waals surface area (Å²) in [7, 11) is 4.76. The van der Waals surface area contributed by atoms with Crippen LogP contribution in [-0.2, 0) is 16.1 Å². The Morgan fingerprint density at radius 2 is 1.63 bits per heavy atom. The Hall–Kier alpha value is -2.52. The fourth-order valence-corrected chi connectivity index (χ4v) is 3.00. The first-order valence-electron chi connectivity index (χ1n) is 8.78. The molecule has 0 radical (unpaired) electrons. The van der Waals surface area contributed by atoms with Gasteiger partial charge in [-0.25, -0.2) is 0 Å². The van der Waals surface area contributed by atoms with Gasteiger partial charge < -0.3 is 30.2 Å². The number of amides is 2. The number of carbonyl (C=O) groups excluding carboxylic acids is 2. The predicted molar refractivity (Wildman–Crippen MR) is 100 cm³/mol. The smallest absolute Gasteiger partial charge is 0.242 e. The molecule has 1 aliphatic rings. The van der Waals surface area contributed by atoms with Crippen LogP contribution >= 0.6 is 0 Å². The van der Waals surface area contributed by atoms with Crippen LogP contribution in [-0.4, -0.2) is 82.2 Å². The van der Waals surface area contributed by atoms with E-state index in [9.17, 15) is 9.59 Å². The highest BCUT2D eigenvalue weighted by Crippen LogP contribution is 2.38. The number of nitrogens with one attached hydrogen (secondary N) is 1. The van der Waals surface area contributed by atoms with Gasteiger partial charge in [0, 0.05) is 32.7 Å². The molecule has 1 heterocycles. The molecule has 3 N–H and O–H groups in total. The fourth-order valence-electron chi connectivity index (χ4n) is 3.00. The van der Waals surface area contributed by atoms with E-state index in [1.165, 1.54) is 0 Å². The molecule has 1 aromatic carbocycles. The van der Waals surface area contributed by atoms with Crippen molar-refractivity contribution < 1.29 is 23.8 Å². The van der Waals surface area contributed by atoms with Crippen LogP contribution in [0.4, 0.5) is 0 Å². The van der Waals surface area contributed by atoms with Gasteiger partial charge in [-0.3, -0.25) is 14.5 Å². The standard InChI is InChI=1S/C18H28N4O5/c1-25-14-8-13(9-15(26-2)18(14)27-3)12-21-4-6-22(7-5-21)17(24)11-20-16(23)10-19/h8-9H,4-7,10-12,19H2,1-3H3,(H,20,23). The zero-order valence-electron chi connectivity index (χ0n) is 16.1. The molecule has 1 aliphatic heterocycles. The highest BCUT2D eigenvalue weighted by atomic mass is 16.5. The van der Waals surface area contributed by atoms with Crippen molar-refractivity contribution in [2.45, 2.75) is 6.54 Å². The number of piperazine rings is 1. The molecule has 0 atom stereocenters. The van der Waals surface area contributed by atoms with Crippen molar-refractivity contribution in [3.8, 4) is 17.2 Å². The van der Waals surface area contributed by atoms with Crippen LogP contribution in [0.2, 0.25) is 0 Å². The van der Waals surface area contributed by atoms with Crippen LogP contribution in [0.1, 0.15) is 5.56 Å². The Labute approximate surface area is 159 Å². The highest BCUT2D eigenvalue weighted by Gasteiger charge is 2.22. The van der Waals surface area contributed by atoms with Crippen LogP contribution < -0.4 is 25.3 Å². The number of carbonyl (C=O) groups is 2. The lowest BCUT2D eigenvalue weighted by atomic mass is 10.1. The van der Waals surface area contributed by atoms with Gasteiger partial charge in [-0.05, 0) is 17.7 Å². The summed E-state index contributed by atoms with van der Waals surface area (Å²) in [6, 6.07) is 3.86. The lowest BCUT2D eigenvalue weighted by molar-refractivity contribution is -0.134. The Bertz CT molecular complexity index is 634. The van der Waals surface area contributed by atoms with E-state index >= 15 is 0 Å². The van der Waals surface area contributed by atoms with Crippen molar-refractivity contribution in [3.05, 3.63) is 17.7 Å². The van der Waals surface area contributed by atoms with E-state index in [-0.39, 0.29) is 24.9 Å². The summed E-state index contributed by atoms with van der Waals surface area (Å²) in [6.45, 7) is 3.30. The van der Waals surface area contributed by atoms with E-state index in [0.29, 0.717) is 36.9 Å². The SMILES string of the molecule is COc1cc(CN2CCN(C(=O)CNC(=O)CN)CC2)cc(OC)c1OC. The Balaban J connectivity index is 1.92. The second kappa shape index (κ2) is 9.98. The van der Waals surface area contributed by atoms with Crippen LogP contribution in [0.5, 0.6) is 17.2 Å². The van der Waals surface area contributed by atoms with Crippen LogP contribution in [0.15, 0.2) is 12.1 Å². The van der Waals surface area contributed by atoms with Gasteiger partial charge >= 0.3 is 0 Å². The summed E-state index contributed by atoms with van der Waals surface area (Å²) in [5.41, 5.74) is 6.26. The average Bonchev–Trinajstić information content (AvgIpc) is 2.71. The van der Waals surface area contributed by atoms with Gasteiger partial charge in [-0.15, -0.1) is 0 Å². The molecular formula is C18H28N4O5. The molecule has 0 aliphatic carbocycles. The number of hydrogen-bond acceptors (Lipinski definition) is 7. The van der Waals surface area contributed by atoms with E-state index < -0.39 is 0 Å². The first-order valence-corrected chi connectivity index (χ1v) is 8.78. The third-order valence-electron chi connectivity index (χ3n) is 4.48. The normalized spacial score (nSPS) is 14.6. The number of methoxy groups -OCH3 is 3. The number of ether oxygens (including phenoxy) is 3. The average molecular weight is 380 g/mol. The van der Waals surface area contributed by atoms with Crippen molar-refractivity contribution >= 4 is 11.8 Å². The van der Waals surface area contributed by atoms with Gasteiger partial charge in [0.25, 0.3) is 0 Å². The number of benzene rings is 1. The van der Waals surface area contributed by atoms with Gasteiger partial charge in [0.15, 0.2) is 11.5 Å². The Morgan fingerprint density at radius 3 is 2.11 bits per heavy atom. The summed E-state index contributed by atoms with van der Waals surface area (Å²) in [5, 5.41) is 2.51. The van der Waals surface area contributed by atoms with E-state index in [2.05, 4.69) is 10.2 Å². The molecule has 0 unspecified atom stereocenters. The highest BCUT2D eigenvalue weighted by molar-refractivity contribution is 5.85. The third-order valence-corrected chi connectivity index (χ3v) is 4.48. The van der Waals surface area contributed by atoms with Gasteiger partial charge in [0.1, 0.15) is 0 Å². The molecular weight excluding hydrogens is 352 g/mol. The molecule has 2 rings (SSSR count). The van der Waals surface area contributed by atoms with Crippen LogP contribution in [0.25, 0.3) is 0 Å². The van der Waals surface area contributed by atoms with Crippen molar-refractivity contribution in [1.82, 2.24) is 15.1 Å². The maximum absolute atomic E-state index is 12.1. The molecule has 1 fully saturated rings. The number of hydrogen-bond donors (Lipinski definition) is 2. The van der Waals surface area contributed by atoms with Gasteiger partial charge in [0.05, 0.1) is 34.4 Å². The Kier molecular flexibility index (Phi) is 7.68. The monoisotopic (exact) mass is 380 g/mol. The minimum absolute atomic E-state index is 0.0110. The first-order chi connectivity index (χ1) is 13.0. The molecule has 2 amide bonds. The van der Waals surface area contributed by atoms with E-state index in [1.807, 2.05) is 12.1 Å². The predicted octanol–water partition coefficient (Wildman–Crippen LogP) is -0.568. The number of rotatable bonds is 8. The van der Waals surface area contributed by atoms with Crippen molar-refractivity contribution in [2.75, 3.05) is 60.6 Å². The molecule has 150 valence electrons. The molecule has 0 bridgehead atoms. The second-order valence-electron chi connectivity index (χ2n) is 6.17. The lowest BCUT2D eigenvalue weighted by Gasteiger charge is -2.35.